The third kappa shape index (κ3) is 1.46. The van der Waals surface area contributed by atoms with Gasteiger partial charge in [0.05, 0.1) is 4.47 Å². The third-order valence-electron chi connectivity index (χ3n) is 2.05. The quantitative estimate of drug-likeness (QED) is 0.884. The van der Waals surface area contributed by atoms with Crippen LogP contribution in [-0.4, -0.2) is 13.3 Å². The van der Waals surface area contributed by atoms with Crippen LogP contribution in [0, 0.1) is 5.82 Å². The van der Waals surface area contributed by atoms with Gasteiger partial charge in [-0.1, -0.05) is 0 Å². The second-order valence-corrected chi connectivity index (χ2v) is 3.72. The topological polar surface area (TPSA) is 44.5 Å². The van der Waals surface area contributed by atoms with Gasteiger partial charge in [-0.15, -0.1) is 0 Å². The number of benzene rings is 1. The first kappa shape index (κ1) is 9.73. The van der Waals surface area contributed by atoms with E-state index in [1.54, 1.807) is 0 Å². The van der Waals surface area contributed by atoms with Gasteiger partial charge in [0.25, 0.3) is 0 Å². The molecule has 0 saturated carbocycles. The van der Waals surface area contributed by atoms with E-state index in [-0.39, 0.29) is 12.6 Å². The van der Waals surface area contributed by atoms with Crippen molar-refractivity contribution in [1.29, 1.82) is 0 Å². The lowest BCUT2D eigenvalue weighted by Gasteiger charge is -2.07. The van der Waals surface area contributed by atoms with Crippen molar-refractivity contribution in [2.45, 2.75) is 6.42 Å². The first-order chi connectivity index (χ1) is 6.74. The number of nitrogens with two attached hydrogens (primary N) is 1. The Morgan fingerprint density at radius 1 is 1.50 bits per heavy atom. The van der Waals surface area contributed by atoms with Crippen LogP contribution in [0.1, 0.15) is 5.56 Å². The summed E-state index contributed by atoms with van der Waals surface area (Å²) in [6.45, 7) is 0.536. The van der Waals surface area contributed by atoms with Gasteiger partial charge >= 0.3 is 0 Å². The van der Waals surface area contributed by atoms with Crippen LogP contribution < -0.4 is 15.2 Å². The molecule has 3 nitrogen and oxygen atoms in total. The fraction of sp³-hybridized carbons (Fsp3) is 0.333. The number of rotatable bonds is 2. The Bertz CT molecular complexity index is 370. The fourth-order valence-corrected chi connectivity index (χ4v) is 2.08. The van der Waals surface area contributed by atoms with Crippen molar-refractivity contribution < 1.29 is 13.9 Å². The maximum Gasteiger partial charge on any atom is 0.231 e. The molecule has 76 valence electrons. The molecule has 0 fully saturated rings. The largest absolute Gasteiger partial charge is 0.453 e. The van der Waals surface area contributed by atoms with E-state index >= 15 is 0 Å². The maximum atomic E-state index is 13.5. The van der Waals surface area contributed by atoms with Crippen molar-refractivity contribution in [2.24, 2.45) is 5.73 Å². The lowest BCUT2D eigenvalue weighted by atomic mass is 10.1. The third-order valence-corrected chi connectivity index (χ3v) is 2.88. The predicted molar refractivity (Wildman–Crippen MR) is 53.0 cm³/mol. The molecule has 0 saturated heterocycles. The number of hydrogen-bond donors (Lipinski definition) is 1. The molecular weight excluding hydrogens is 253 g/mol. The second-order valence-electron chi connectivity index (χ2n) is 2.92. The van der Waals surface area contributed by atoms with Gasteiger partial charge in [-0.25, -0.2) is 4.39 Å². The Balaban J connectivity index is 2.51. The Kier molecular flexibility index (Phi) is 2.60. The van der Waals surface area contributed by atoms with Crippen LogP contribution in [0.5, 0.6) is 11.5 Å². The Hall–Kier alpha value is -0.810. The molecule has 0 amide bonds. The summed E-state index contributed by atoms with van der Waals surface area (Å²) >= 11 is 3.28. The van der Waals surface area contributed by atoms with Gasteiger partial charge in [0.1, 0.15) is 5.82 Å². The number of hydrogen-bond acceptors (Lipinski definition) is 3. The van der Waals surface area contributed by atoms with E-state index in [1.807, 2.05) is 0 Å². The summed E-state index contributed by atoms with van der Waals surface area (Å²) in [6, 6.07) is 1.33. The lowest BCUT2D eigenvalue weighted by molar-refractivity contribution is 0.173. The summed E-state index contributed by atoms with van der Waals surface area (Å²) < 4.78 is 24.3. The molecular formula is C9H9BrFNO2. The summed E-state index contributed by atoms with van der Waals surface area (Å²) in [5.41, 5.74) is 5.92. The molecule has 1 aliphatic rings. The van der Waals surface area contributed by atoms with Gasteiger partial charge in [-0.3, -0.25) is 0 Å². The van der Waals surface area contributed by atoms with Gasteiger partial charge in [0.2, 0.25) is 6.79 Å². The van der Waals surface area contributed by atoms with Gasteiger partial charge in [-0.05, 0) is 28.9 Å². The molecule has 14 heavy (non-hydrogen) atoms. The zero-order valence-electron chi connectivity index (χ0n) is 7.35. The molecule has 2 rings (SSSR count). The SMILES string of the molecule is NCCc1c(F)cc2c(c1Br)OCO2. The molecule has 0 aliphatic carbocycles. The first-order valence-electron chi connectivity index (χ1n) is 4.20. The van der Waals surface area contributed by atoms with Gasteiger partial charge in [0, 0.05) is 11.6 Å². The molecule has 0 bridgehead atoms. The molecule has 1 aromatic carbocycles. The first-order valence-corrected chi connectivity index (χ1v) is 5.00. The van der Waals surface area contributed by atoms with E-state index in [1.165, 1.54) is 6.07 Å². The van der Waals surface area contributed by atoms with Crippen LogP contribution >= 0.6 is 15.9 Å². The molecule has 5 heteroatoms. The lowest BCUT2D eigenvalue weighted by Crippen LogP contribution is -2.05. The zero-order chi connectivity index (χ0) is 10.1. The van der Waals surface area contributed by atoms with Crippen molar-refractivity contribution in [3.8, 4) is 11.5 Å². The van der Waals surface area contributed by atoms with Crippen molar-refractivity contribution in [3.05, 3.63) is 21.9 Å². The van der Waals surface area contributed by atoms with E-state index < -0.39 is 0 Å². The minimum absolute atomic E-state index is 0.138. The average Bonchev–Trinajstić information content (AvgIpc) is 2.60. The number of fused-ring (bicyclic) bond motifs is 1. The monoisotopic (exact) mass is 261 g/mol. The molecule has 1 heterocycles. The van der Waals surface area contributed by atoms with Crippen molar-refractivity contribution >= 4 is 15.9 Å². The van der Waals surface area contributed by atoms with Crippen molar-refractivity contribution in [1.82, 2.24) is 0 Å². The highest BCUT2D eigenvalue weighted by Crippen LogP contribution is 2.42. The normalized spacial score (nSPS) is 13.4. The van der Waals surface area contributed by atoms with Crippen LogP contribution in [0.25, 0.3) is 0 Å². The van der Waals surface area contributed by atoms with Crippen molar-refractivity contribution in [2.75, 3.05) is 13.3 Å². The molecule has 2 N–H and O–H groups in total. The van der Waals surface area contributed by atoms with Crippen LogP contribution in [0.15, 0.2) is 10.5 Å². The molecule has 0 aromatic heterocycles. The van der Waals surface area contributed by atoms with Gasteiger partial charge in [0.15, 0.2) is 11.5 Å². The number of halogens is 2. The maximum absolute atomic E-state index is 13.5. The second kappa shape index (κ2) is 3.74. The Morgan fingerprint density at radius 2 is 2.29 bits per heavy atom. The highest BCUT2D eigenvalue weighted by Gasteiger charge is 2.22. The number of ether oxygens (including phenoxy) is 2. The summed E-state index contributed by atoms with van der Waals surface area (Å²) in [7, 11) is 0. The zero-order valence-corrected chi connectivity index (χ0v) is 8.93. The fourth-order valence-electron chi connectivity index (χ4n) is 1.38. The summed E-state index contributed by atoms with van der Waals surface area (Å²) in [5, 5.41) is 0. The van der Waals surface area contributed by atoms with E-state index in [0.29, 0.717) is 34.5 Å². The van der Waals surface area contributed by atoms with Crippen LogP contribution in [0.2, 0.25) is 0 Å². The highest BCUT2D eigenvalue weighted by molar-refractivity contribution is 9.10. The molecule has 0 spiro atoms. The minimum Gasteiger partial charge on any atom is -0.453 e. The van der Waals surface area contributed by atoms with Gasteiger partial charge in [-0.2, -0.15) is 0 Å². The van der Waals surface area contributed by atoms with Crippen LogP contribution in [0.4, 0.5) is 4.39 Å². The van der Waals surface area contributed by atoms with E-state index in [0.717, 1.165) is 0 Å². The molecule has 0 radical (unpaired) electrons. The van der Waals surface area contributed by atoms with Crippen LogP contribution in [0.3, 0.4) is 0 Å². The van der Waals surface area contributed by atoms with Gasteiger partial charge < -0.3 is 15.2 Å². The Morgan fingerprint density at radius 3 is 3.00 bits per heavy atom. The summed E-state index contributed by atoms with van der Waals surface area (Å²) in [6.07, 6.45) is 0.475. The predicted octanol–water partition coefficient (Wildman–Crippen LogP) is 1.82. The van der Waals surface area contributed by atoms with E-state index in [4.69, 9.17) is 15.2 Å². The molecule has 1 aromatic rings. The van der Waals surface area contributed by atoms with Crippen molar-refractivity contribution in [3.63, 3.8) is 0 Å². The van der Waals surface area contributed by atoms with E-state index in [2.05, 4.69) is 15.9 Å². The van der Waals surface area contributed by atoms with E-state index in [9.17, 15) is 4.39 Å². The minimum atomic E-state index is -0.313. The summed E-state index contributed by atoms with van der Waals surface area (Å²) in [4.78, 5) is 0. The smallest absolute Gasteiger partial charge is 0.231 e. The summed E-state index contributed by atoms with van der Waals surface area (Å²) in [5.74, 6) is 0.691. The molecule has 0 atom stereocenters. The Labute approximate surface area is 89.1 Å². The highest BCUT2D eigenvalue weighted by atomic mass is 79.9. The average molecular weight is 262 g/mol. The van der Waals surface area contributed by atoms with Crippen LogP contribution in [-0.2, 0) is 6.42 Å². The standard InChI is InChI=1S/C9H9BrFNO2/c10-8-5(1-2-12)6(11)3-7-9(8)14-4-13-7/h3H,1-2,4,12H2. The molecule has 0 unspecified atom stereocenters. The molecule has 1 aliphatic heterocycles.